The molecule has 0 aromatic heterocycles. The van der Waals surface area contributed by atoms with E-state index in [2.05, 4.69) is 6.92 Å². The van der Waals surface area contributed by atoms with Gasteiger partial charge < -0.3 is 9.84 Å². The van der Waals surface area contributed by atoms with Crippen molar-refractivity contribution in [3.8, 4) is 0 Å². The van der Waals surface area contributed by atoms with Crippen LogP contribution in [0.15, 0.2) is 30.5 Å². The number of benzene rings is 1. The molecule has 0 heterocycles. The number of esters is 1. The third-order valence-corrected chi connectivity index (χ3v) is 4.47. The predicted octanol–water partition coefficient (Wildman–Crippen LogP) is 5.96. The smallest absolute Gasteiger partial charge is 0.341 e. The van der Waals surface area contributed by atoms with Crippen molar-refractivity contribution in [1.82, 2.24) is 0 Å². The van der Waals surface area contributed by atoms with E-state index in [4.69, 9.17) is 4.74 Å². The van der Waals surface area contributed by atoms with Crippen LogP contribution in [0.1, 0.15) is 76.7 Å². The van der Waals surface area contributed by atoms with Crippen LogP contribution in [0.4, 0.5) is 5.69 Å². The molecule has 0 bridgehead atoms. The minimum Gasteiger partial charge on any atom is -0.515 e. The van der Waals surface area contributed by atoms with Crippen molar-refractivity contribution in [3.05, 3.63) is 46.2 Å². The van der Waals surface area contributed by atoms with Crippen LogP contribution in [0.5, 0.6) is 0 Å². The van der Waals surface area contributed by atoms with Gasteiger partial charge in [-0.05, 0) is 24.1 Å². The van der Waals surface area contributed by atoms with E-state index in [1.54, 1.807) is 0 Å². The zero-order chi connectivity index (χ0) is 19.9. The Balaban J connectivity index is 0.00000729. The van der Waals surface area contributed by atoms with E-state index in [0.717, 1.165) is 19.3 Å². The Morgan fingerprint density at radius 3 is 1.96 bits per heavy atom. The van der Waals surface area contributed by atoms with E-state index in [1.807, 2.05) is 0 Å². The normalized spacial score (nSPS) is 11.0. The van der Waals surface area contributed by atoms with Gasteiger partial charge in [-0.3, -0.25) is 10.1 Å². The number of rotatable bonds is 14. The van der Waals surface area contributed by atoms with E-state index in [9.17, 15) is 20.0 Å². The van der Waals surface area contributed by atoms with Crippen LogP contribution in [0.25, 0.3) is 5.57 Å². The first-order valence-electron chi connectivity index (χ1n) is 9.86. The topological polar surface area (TPSA) is 89.7 Å². The molecule has 1 N–H and O–H groups in total. The summed E-state index contributed by atoms with van der Waals surface area (Å²) in [4.78, 5) is 22.2. The first kappa shape index (κ1) is 26.1. The second-order valence-corrected chi connectivity index (χ2v) is 6.66. The number of aliphatic hydroxyl groups is 1. The molecule has 0 saturated carbocycles. The Morgan fingerprint density at radius 1 is 1.00 bits per heavy atom. The number of aliphatic hydroxyl groups excluding tert-OH is 1. The SMILES string of the molecule is CCCCCCCCCCCCOC(=O)/C(=C\O)c1ccc([N+](=O)[O-])cc1.[Cu]. The fraction of sp³-hybridized carbons (Fsp3) is 0.571. The predicted molar refractivity (Wildman–Crippen MR) is 107 cm³/mol. The van der Waals surface area contributed by atoms with Gasteiger partial charge in [-0.15, -0.1) is 0 Å². The Kier molecular flexibility index (Phi) is 15.1. The van der Waals surface area contributed by atoms with Crippen molar-refractivity contribution in [2.45, 2.75) is 71.1 Å². The van der Waals surface area contributed by atoms with E-state index >= 15 is 0 Å². The zero-order valence-electron chi connectivity index (χ0n) is 16.5. The van der Waals surface area contributed by atoms with Gasteiger partial charge in [0.2, 0.25) is 0 Å². The van der Waals surface area contributed by atoms with E-state index in [0.29, 0.717) is 18.4 Å². The standard InChI is InChI=1S/C21H31NO5.Cu/c1-2-3-4-5-6-7-8-9-10-11-16-27-21(24)20(17-23)18-12-14-19(15-13-18)22(25)26;/h12-15,17,23H,2-11,16H2,1H3;/b20-17-;. The summed E-state index contributed by atoms with van der Waals surface area (Å²) in [6.07, 6.45) is 12.7. The molecule has 1 rings (SSSR count). The monoisotopic (exact) mass is 440 g/mol. The Labute approximate surface area is 178 Å². The average Bonchev–Trinajstić information content (AvgIpc) is 2.67. The molecule has 0 fully saturated rings. The first-order chi connectivity index (χ1) is 13.1. The number of nitrogens with zero attached hydrogens (tertiary/aromatic N) is 1. The molecule has 0 atom stereocenters. The van der Waals surface area contributed by atoms with Gasteiger partial charge in [-0.25, -0.2) is 4.79 Å². The summed E-state index contributed by atoms with van der Waals surface area (Å²) in [5.41, 5.74) is 0.308. The van der Waals surface area contributed by atoms with Crippen LogP contribution in [0.2, 0.25) is 0 Å². The van der Waals surface area contributed by atoms with E-state index < -0.39 is 10.9 Å². The van der Waals surface area contributed by atoms with Crippen molar-refractivity contribution in [1.29, 1.82) is 0 Å². The maximum absolute atomic E-state index is 12.1. The molecule has 0 aliphatic rings. The molecule has 0 spiro atoms. The minimum atomic E-state index is -0.623. The minimum absolute atomic E-state index is 0. The number of ether oxygens (including phenoxy) is 1. The van der Waals surface area contributed by atoms with Crippen molar-refractivity contribution < 1.29 is 36.6 Å². The molecular weight excluding hydrogens is 410 g/mol. The summed E-state index contributed by atoms with van der Waals surface area (Å²) < 4.78 is 5.20. The third-order valence-electron chi connectivity index (χ3n) is 4.47. The maximum Gasteiger partial charge on any atom is 0.341 e. The van der Waals surface area contributed by atoms with Gasteiger partial charge in [0.05, 0.1) is 17.8 Å². The molecule has 28 heavy (non-hydrogen) atoms. The number of hydrogen-bond acceptors (Lipinski definition) is 5. The van der Waals surface area contributed by atoms with Gasteiger partial charge >= 0.3 is 5.97 Å². The summed E-state index contributed by atoms with van der Waals surface area (Å²) in [7, 11) is 0. The van der Waals surface area contributed by atoms with Gasteiger partial charge in [0.25, 0.3) is 5.69 Å². The van der Waals surface area contributed by atoms with Crippen molar-refractivity contribution >= 4 is 17.2 Å². The number of non-ortho nitro benzene ring substituents is 1. The number of nitro benzene ring substituents is 1. The average molecular weight is 441 g/mol. The summed E-state index contributed by atoms with van der Waals surface area (Å²) in [6.45, 7) is 2.53. The molecule has 1 aromatic carbocycles. The molecule has 1 aromatic rings. The van der Waals surface area contributed by atoms with E-state index in [1.165, 1.54) is 69.2 Å². The van der Waals surface area contributed by atoms with Crippen LogP contribution < -0.4 is 0 Å². The number of carbonyl (C=O) groups excluding carboxylic acids is 1. The van der Waals surface area contributed by atoms with Crippen LogP contribution in [-0.4, -0.2) is 22.6 Å². The Morgan fingerprint density at radius 2 is 1.50 bits per heavy atom. The molecule has 0 unspecified atom stereocenters. The Bertz CT molecular complexity index is 601. The largest absolute Gasteiger partial charge is 0.515 e. The van der Waals surface area contributed by atoms with Gasteiger partial charge in [0.1, 0.15) is 5.57 Å². The molecule has 1 radical (unpaired) electrons. The second-order valence-electron chi connectivity index (χ2n) is 6.66. The van der Waals surface area contributed by atoms with Crippen LogP contribution in [0.3, 0.4) is 0 Å². The number of carbonyl (C=O) groups is 1. The summed E-state index contributed by atoms with van der Waals surface area (Å²) in [5, 5.41) is 20.0. The molecule has 6 nitrogen and oxygen atoms in total. The summed E-state index contributed by atoms with van der Waals surface area (Å²) >= 11 is 0. The quantitative estimate of drug-likeness (QED) is 0.0733. The van der Waals surface area contributed by atoms with Crippen LogP contribution >= 0.6 is 0 Å². The number of unbranched alkanes of at least 4 members (excludes halogenated alkanes) is 9. The van der Waals surface area contributed by atoms with Gasteiger partial charge in [-0.1, -0.05) is 64.7 Å². The third kappa shape index (κ3) is 10.5. The van der Waals surface area contributed by atoms with Gasteiger partial charge in [0.15, 0.2) is 0 Å². The fourth-order valence-corrected chi connectivity index (χ4v) is 2.84. The summed E-state index contributed by atoms with van der Waals surface area (Å²) in [5.74, 6) is -0.623. The molecule has 0 aliphatic carbocycles. The number of nitro groups is 1. The van der Waals surface area contributed by atoms with Gasteiger partial charge in [-0.2, -0.15) is 0 Å². The summed E-state index contributed by atoms with van der Waals surface area (Å²) in [6, 6.07) is 5.41. The maximum atomic E-state index is 12.1. The van der Waals surface area contributed by atoms with E-state index in [-0.39, 0.29) is 28.3 Å². The van der Waals surface area contributed by atoms with Crippen molar-refractivity contribution in [2.24, 2.45) is 0 Å². The fourth-order valence-electron chi connectivity index (χ4n) is 2.84. The van der Waals surface area contributed by atoms with Crippen molar-refractivity contribution in [2.75, 3.05) is 6.61 Å². The molecule has 161 valence electrons. The second kappa shape index (κ2) is 16.1. The molecule has 0 amide bonds. The van der Waals surface area contributed by atoms with Crippen molar-refractivity contribution in [3.63, 3.8) is 0 Å². The van der Waals surface area contributed by atoms with Gasteiger partial charge in [0, 0.05) is 29.2 Å². The molecular formula is C21H31CuNO5. The zero-order valence-corrected chi connectivity index (χ0v) is 17.4. The van der Waals surface area contributed by atoms with Crippen LogP contribution in [0, 0.1) is 10.1 Å². The Hall–Kier alpha value is -1.85. The van der Waals surface area contributed by atoms with Crippen LogP contribution in [-0.2, 0) is 26.6 Å². The first-order valence-corrected chi connectivity index (χ1v) is 9.86. The number of hydrogen-bond donors (Lipinski definition) is 1. The molecule has 7 heteroatoms. The molecule has 0 aliphatic heterocycles. The molecule has 0 saturated heterocycles.